The number of aryl methyl sites for hydroxylation is 1. The third kappa shape index (κ3) is 4.94. The zero-order chi connectivity index (χ0) is 19.5. The van der Waals surface area contributed by atoms with Gasteiger partial charge in [-0.1, -0.05) is 5.16 Å². The van der Waals surface area contributed by atoms with E-state index in [1.54, 1.807) is 13.0 Å². The van der Waals surface area contributed by atoms with E-state index in [1.165, 1.54) is 7.05 Å². The first kappa shape index (κ1) is 19.2. The summed E-state index contributed by atoms with van der Waals surface area (Å²) < 4.78 is 46.2. The SMILES string of the molecule is Cc1cc(CN(C)C(=O)c2cc(OCC(F)(F)F)ccc2[N+](=O)[O-])no1. The second-order valence-electron chi connectivity index (χ2n) is 5.43. The van der Waals surface area contributed by atoms with Crippen molar-refractivity contribution in [2.75, 3.05) is 13.7 Å². The number of amides is 1. The van der Waals surface area contributed by atoms with Crippen LogP contribution in [-0.2, 0) is 6.54 Å². The van der Waals surface area contributed by atoms with Gasteiger partial charge in [0.1, 0.15) is 22.8 Å². The fourth-order valence-electron chi connectivity index (χ4n) is 2.11. The molecule has 26 heavy (non-hydrogen) atoms. The molecule has 0 bridgehead atoms. The van der Waals surface area contributed by atoms with Crippen LogP contribution in [0.5, 0.6) is 5.75 Å². The van der Waals surface area contributed by atoms with Gasteiger partial charge in [0.05, 0.1) is 11.5 Å². The van der Waals surface area contributed by atoms with Crippen LogP contribution in [-0.4, -0.2) is 40.7 Å². The molecule has 11 heteroatoms. The summed E-state index contributed by atoms with van der Waals surface area (Å²) >= 11 is 0. The normalized spacial score (nSPS) is 11.3. The van der Waals surface area contributed by atoms with Gasteiger partial charge < -0.3 is 14.2 Å². The highest BCUT2D eigenvalue weighted by molar-refractivity contribution is 5.98. The maximum absolute atomic E-state index is 12.5. The standard InChI is InChI=1S/C15H14F3N3O5/c1-9-5-10(19-26-9)7-20(2)14(22)12-6-11(25-8-15(16,17)18)3-4-13(12)21(23)24/h3-6H,7-8H2,1-2H3. The maximum atomic E-state index is 12.5. The molecular weight excluding hydrogens is 359 g/mol. The number of hydrogen-bond donors (Lipinski definition) is 0. The van der Waals surface area contributed by atoms with Gasteiger partial charge in [-0.15, -0.1) is 0 Å². The molecule has 2 rings (SSSR count). The molecule has 0 unspecified atom stereocenters. The van der Waals surface area contributed by atoms with E-state index in [4.69, 9.17) is 4.52 Å². The van der Waals surface area contributed by atoms with Gasteiger partial charge in [-0.05, 0) is 19.1 Å². The molecule has 1 aromatic heterocycles. The molecule has 8 nitrogen and oxygen atoms in total. The van der Waals surface area contributed by atoms with Gasteiger partial charge in [0, 0.05) is 19.2 Å². The molecule has 0 radical (unpaired) electrons. The number of ether oxygens (including phenoxy) is 1. The second kappa shape index (κ2) is 7.42. The highest BCUT2D eigenvalue weighted by Crippen LogP contribution is 2.27. The quantitative estimate of drug-likeness (QED) is 0.570. The lowest BCUT2D eigenvalue weighted by Gasteiger charge is -2.16. The van der Waals surface area contributed by atoms with E-state index in [9.17, 15) is 28.1 Å². The molecule has 2 aromatic rings. The van der Waals surface area contributed by atoms with Crippen molar-refractivity contribution >= 4 is 11.6 Å². The van der Waals surface area contributed by atoms with Crippen LogP contribution in [0, 0.1) is 17.0 Å². The summed E-state index contributed by atoms with van der Waals surface area (Å²) in [5.41, 5.74) is -0.514. The topological polar surface area (TPSA) is 98.7 Å². The molecular formula is C15H14F3N3O5. The van der Waals surface area contributed by atoms with E-state index in [-0.39, 0.29) is 12.3 Å². The molecule has 1 aromatic carbocycles. The lowest BCUT2D eigenvalue weighted by atomic mass is 10.1. The Kier molecular flexibility index (Phi) is 5.48. The van der Waals surface area contributed by atoms with Gasteiger partial charge in [-0.3, -0.25) is 14.9 Å². The van der Waals surface area contributed by atoms with Crippen LogP contribution in [0.4, 0.5) is 18.9 Å². The van der Waals surface area contributed by atoms with Crippen molar-refractivity contribution in [2.24, 2.45) is 0 Å². The molecule has 0 fully saturated rings. The van der Waals surface area contributed by atoms with E-state index in [1.807, 2.05) is 0 Å². The average molecular weight is 373 g/mol. The minimum absolute atomic E-state index is 0.000956. The third-order valence-electron chi connectivity index (χ3n) is 3.22. The van der Waals surface area contributed by atoms with Crippen molar-refractivity contribution in [3.63, 3.8) is 0 Å². The van der Waals surface area contributed by atoms with Crippen LogP contribution in [0.2, 0.25) is 0 Å². The Morgan fingerprint density at radius 3 is 2.62 bits per heavy atom. The summed E-state index contributed by atoms with van der Waals surface area (Å²) in [6.45, 7) is 0.0814. The number of halogens is 3. The summed E-state index contributed by atoms with van der Waals surface area (Å²) in [7, 11) is 1.37. The van der Waals surface area contributed by atoms with E-state index in [0.717, 1.165) is 23.1 Å². The van der Waals surface area contributed by atoms with Crippen LogP contribution in [0.3, 0.4) is 0 Å². The van der Waals surface area contributed by atoms with Gasteiger partial charge >= 0.3 is 6.18 Å². The average Bonchev–Trinajstić information content (AvgIpc) is 2.96. The van der Waals surface area contributed by atoms with E-state index in [0.29, 0.717) is 11.5 Å². The first-order chi connectivity index (χ1) is 12.1. The Bertz CT molecular complexity index is 819. The fraction of sp³-hybridized carbons (Fsp3) is 0.333. The van der Waals surface area contributed by atoms with Crippen LogP contribution in [0.1, 0.15) is 21.8 Å². The number of hydrogen-bond acceptors (Lipinski definition) is 6. The smallest absolute Gasteiger partial charge is 0.422 e. The number of carbonyl (C=O) groups excluding carboxylic acids is 1. The molecule has 0 saturated carbocycles. The molecule has 0 aliphatic carbocycles. The molecule has 140 valence electrons. The van der Waals surface area contributed by atoms with Crippen molar-refractivity contribution in [1.29, 1.82) is 0 Å². The number of nitro benzene ring substituents is 1. The number of alkyl halides is 3. The summed E-state index contributed by atoms with van der Waals surface area (Å²) in [4.78, 5) is 24.0. The first-order valence-corrected chi connectivity index (χ1v) is 7.22. The molecule has 0 N–H and O–H groups in total. The Balaban J connectivity index is 2.25. The van der Waals surface area contributed by atoms with Crippen LogP contribution < -0.4 is 4.74 Å². The number of nitrogens with zero attached hydrogens (tertiary/aromatic N) is 3. The fourth-order valence-corrected chi connectivity index (χ4v) is 2.11. The van der Waals surface area contributed by atoms with Crippen LogP contribution >= 0.6 is 0 Å². The van der Waals surface area contributed by atoms with E-state index >= 15 is 0 Å². The summed E-state index contributed by atoms with van der Waals surface area (Å²) in [6.07, 6.45) is -4.58. The van der Waals surface area contributed by atoms with Crippen LogP contribution in [0.15, 0.2) is 28.8 Å². The zero-order valence-corrected chi connectivity index (χ0v) is 13.7. The lowest BCUT2D eigenvalue weighted by Crippen LogP contribution is -2.27. The second-order valence-corrected chi connectivity index (χ2v) is 5.43. The number of rotatable bonds is 6. The zero-order valence-electron chi connectivity index (χ0n) is 13.7. The Hall–Kier alpha value is -3.11. The van der Waals surface area contributed by atoms with Crippen molar-refractivity contribution < 1.29 is 32.1 Å². The maximum Gasteiger partial charge on any atom is 0.422 e. The summed E-state index contributed by atoms with van der Waals surface area (Å²) in [6, 6.07) is 4.42. The molecule has 1 amide bonds. The number of carbonyl (C=O) groups is 1. The Morgan fingerprint density at radius 2 is 2.08 bits per heavy atom. The largest absolute Gasteiger partial charge is 0.484 e. The summed E-state index contributed by atoms with van der Waals surface area (Å²) in [5, 5.41) is 14.8. The van der Waals surface area contributed by atoms with Crippen molar-refractivity contribution in [2.45, 2.75) is 19.6 Å². The number of benzene rings is 1. The minimum atomic E-state index is -4.58. The van der Waals surface area contributed by atoms with Gasteiger partial charge in [-0.2, -0.15) is 13.2 Å². The lowest BCUT2D eigenvalue weighted by molar-refractivity contribution is -0.385. The monoisotopic (exact) mass is 373 g/mol. The third-order valence-corrected chi connectivity index (χ3v) is 3.22. The molecule has 0 aliphatic heterocycles. The first-order valence-electron chi connectivity index (χ1n) is 7.22. The molecule has 0 atom stereocenters. The van der Waals surface area contributed by atoms with E-state index < -0.39 is 34.9 Å². The highest BCUT2D eigenvalue weighted by atomic mass is 19.4. The number of aromatic nitrogens is 1. The Labute approximate surface area is 145 Å². The molecule has 0 spiro atoms. The van der Waals surface area contributed by atoms with Gasteiger partial charge in [0.2, 0.25) is 0 Å². The van der Waals surface area contributed by atoms with Crippen molar-refractivity contribution in [3.8, 4) is 5.75 Å². The van der Waals surface area contributed by atoms with Gasteiger partial charge in [0.15, 0.2) is 6.61 Å². The molecule has 0 aliphatic rings. The van der Waals surface area contributed by atoms with Crippen molar-refractivity contribution in [1.82, 2.24) is 10.1 Å². The van der Waals surface area contributed by atoms with Crippen LogP contribution in [0.25, 0.3) is 0 Å². The Morgan fingerprint density at radius 1 is 1.38 bits per heavy atom. The molecule has 0 saturated heterocycles. The van der Waals surface area contributed by atoms with Crippen molar-refractivity contribution in [3.05, 3.63) is 51.4 Å². The van der Waals surface area contributed by atoms with E-state index in [2.05, 4.69) is 9.89 Å². The molecule has 1 heterocycles. The van der Waals surface area contributed by atoms with Gasteiger partial charge in [0.25, 0.3) is 11.6 Å². The van der Waals surface area contributed by atoms with Gasteiger partial charge in [-0.25, -0.2) is 0 Å². The summed E-state index contributed by atoms with van der Waals surface area (Å²) in [5.74, 6) is -0.550. The number of nitro groups is 1. The predicted octanol–water partition coefficient (Wildman–Crippen LogP) is 3.10. The highest BCUT2D eigenvalue weighted by Gasteiger charge is 2.29. The predicted molar refractivity (Wildman–Crippen MR) is 81.7 cm³/mol. The minimum Gasteiger partial charge on any atom is -0.484 e.